The molecule has 23 heavy (non-hydrogen) atoms. The molecule has 3 nitrogen and oxygen atoms in total. The van der Waals surface area contributed by atoms with Crippen molar-refractivity contribution in [2.45, 2.75) is 109 Å². The minimum absolute atomic E-state index is 0.142. The molecule has 0 bridgehead atoms. The van der Waals surface area contributed by atoms with E-state index in [0.717, 1.165) is 6.42 Å². The number of carboxylic acids is 1. The Labute approximate surface area is 143 Å². The van der Waals surface area contributed by atoms with Gasteiger partial charge in [0.1, 0.15) is 0 Å². The molecule has 3 heteroatoms. The number of hydrogen-bond acceptors (Lipinski definition) is 2. The fourth-order valence-corrected chi connectivity index (χ4v) is 2.74. The Balaban J connectivity index is 3.22. The molecule has 0 fully saturated rings. The summed E-state index contributed by atoms with van der Waals surface area (Å²) in [6, 6.07) is 0. The predicted molar refractivity (Wildman–Crippen MR) is 97.7 cm³/mol. The highest BCUT2D eigenvalue weighted by molar-refractivity contribution is 5.66. The van der Waals surface area contributed by atoms with Gasteiger partial charge in [-0.05, 0) is 25.7 Å². The molecule has 0 saturated heterocycles. The van der Waals surface area contributed by atoms with Crippen molar-refractivity contribution in [2.24, 2.45) is 0 Å². The maximum absolute atomic E-state index is 10.4. The van der Waals surface area contributed by atoms with Crippen molar-refractivity contribution in [1.29, 1.82) is 0 Å². The Morgan fingerprint density at radius 1 is 0.870 bits per heavy atom. The Morgan fingerprint density at radius 2 is 1.39 bits per heavy atom. The van der Waals surface area contributed by atoms with Gasteiger partial charge in [0.2, 0.25) is 0 Å². The van der Waals surface area contributed by atoms with E-state index < -0.39 is 12.1 Å². The molecule has 0 rings (SSSR count). The number of carboxylic acid groups (broad SMARTS) is 1. The van der Waals surface area contributed by atoms with Crippen LogP contribution in [0.4, 0.5) is 0 Å². The van der Waals surface area contributed by atoms with E-state index in [1.807, 2.05) is 12.2 Å². The van der Waals surface area contributed by atoms with Crippen LogP contribution in [-0.2, 0) is 4.79 Å². The van der Waals surface area contributed by atoms with Gasteiger partial charge in [-0.25, -0.2) is 0 Å². The van der Waals surface area contributed by atoms with E-state index in [-0.39, 0.29) is 6.42 Å². The number of aliphatic hydroxyl groups excluding tert-OH is 1. The lowest BCUT2D eigenvalue weighted by Crippen LogP contribution is -2.03. The molecular formula is C20H38O3. The third-order valence-corrected chi connectivity index (χ3v) is 4.22. The van der Waals surface area contributed by atoms with Crippen LogP contribution in [0, 0.1) is 0 Å². The van der Waals surface area contributed by atoms with E-state index in [9.17, 15) is 9.90 Å². The summed E-state index contributed by atoms with van der Waals surface area (Å²) >= 11 is 0. The molecule has 0 amide bonds. The molecule has 0 aromatic rings. The Bertz CT molecular complexity index is 287. The summed E-state index contributed by atoms with van der Waals surface area (Å²) in [6.07, 6.45) is 20.5. The second-order valence-corrected chi connectivity index (χ2v) is 6.61. The number of unbranched alkanes of at least 4 members (excludes halogenated alkanes) is 11. The Morgan fingerprint density at radius 3 is 1.91 bits per heavy atom. The normalized spacial score (nSPS) is 12.8. The standard InChI is InChI=1S/C20H38O3/c1-2-3-4-5-6-7-8-9-10-11-12-13-14-16-19(21)17-15-18-20(22)23/h14,16,19,21H,2-13,15,17-18H2,1H3,(H,22,23). The molecule has 0 radical (unpaired) electrons. The maximum Gasteiger partial charge on any atom is 0.303 e. The summed E-state index contributed by atoms with van der Waals surface area (Å²) in [5, 5.41) is 18.2. The highest BCUT2D eigenvalue weighted by Gasteiger charge is 2.01. The average molecular weight is 327 g/mol. The fourth-order valence-electron chi connectivity index (χ4n) is 2.74. The van der Waals surface area contributed by atoms with E-state index in [1.165, 1.54) is 70.6 Å². The molecule has 0 saturated carbocycles. The van der Waals surface area contributed by atoms with E-state index in [1.54, 1.807) is 0 Å². The summed E-state index contributed by atoms with van der Waals surface area (Å²) in [5.41, 5.74) is 0. The molecule has 2 N–H and O–H groups in total. The van der Waals surface area contributed by atoms with Crippen LogP contribution in [0.2, 0.25) is 0 Å². The van der Waals surface area contributed by atoms with Crippen molar-refractivity contribution >= 4 is 5.97 Å². The molecule has 0 aliphatic heterocycles. The topological polar surface area (TPSA) is 57.5 Å². The highest BCUT2D eigenvalue weighted by atomic mass is 16.4. The maximum atomic E-state index is 10.4. The van der Waals surface area contributed by atoms with Crippen LogP contribution in [0.5, 0.6) is 0 Å². The van der Waals surface area contributed by atoms with Crippen molar-refractivity contribution in [3.05, 3.63) is 12.2 Å². The minimum Gasteiger partial charge on any atom is -0.481 e. The number of hydrogen-bond donors (Lipinski definition) is 2. The fraction of sp³-hybridized carbons (Fsp3) is 0.850. The molecule has 1 atom stereocenters. The third kappa shape index (κ3) is 19.1. The van der Waals surface area contributed by atoms with Gasteiger partial charge in [-0.2, -0.15) is 0 Å². The first kappa shape index (κ1) is 22.2. The largest absolute Gasteiger partial charge is 0.481 e. The molecule has 0 aliphatic rings. The zero-order chi connectivity index (χ0) is 17.2. The Hall–Kier alpha value is -0.830. The monoisotopic (exact) mass is 326 g/mol. The molecule has 0 aromatic heterocycles. The van der Waals surface area contributed by atoms with Gasteiger partial charge in [-0.1, -0.05) is 83.3 Å². The van der Waals surface area contributed by atoms with Crippen molar-refractivity contribution in [3.63, 3.8) is 0 Å². The summed E-state index contributed by atoms with van der Waals surface area (Å²) in [4.78, 5) is 10.4. The molecule has 0 aliphatic carbocycles. The molecule has 0 aromatic carbocycles. The summed E-state index contributed by atoms with van der Waals surface area (Å²) in [5.74, 6) is -0.790. The van der Waals surface area contributed by atoms with Gasteiger partial charge >= 0.3 is 5.97 Å². The Kier molecular flexibility index (Phi) is 16.9. The molecule has 136 valence electrons. The van der Waals surface area contributed by atoms with Crippen LogP contribution >= 0.6 is 0 Å². The quantitative estimate of drug-likeness (QED) is 0.260. The number of aliphatic carboxylic acids is 1. The van der Waals surface area contributed by atoms with Crippen molar-refractivity contribution in [1.82, 2.24) is 0 Å². The van der Waals surface area contributed by atoms with Crippen molar-refractivity contribution in [2.75, 3.05) is 0 Å². The van der Waals surface area contributed by atoms with E-state index in [0.29, 0.717) is 12.8 Å². The van der Waals surface area contributed by atoms with E-state index >= 15 is 0 Å². The average Bonchev–Trinajstić information content (AvgIpc) is 2.51. The van der Waals surface area contributed by atoms with Gasteiger partial charge in [0.25, 0.3) is 0 Å². The summed E-state index contributed by atoms with van der Waals surface area (Å²) < 4.78 is 0. The van der Waals surface area contributed by atoms with Crippen LogP contribution in [0.3, 0.4) is 0 Å². The van der Waals surface area contributed by atoms with Gasteiger partial charge in [-0.3, -0.25) is 4.79 Å². The zero-order valence-electron chi connectivity index (χ0n) is 15.1. The van der Waals surface area contributed by atoms with Crippen molar-refractivity contribution in [3.8, 4) is 0 Å². The third-order valence-electron chi connectivity index (χ3n) is 4.22. The molecule has 0 spiro atoms. The number of carbonyl (C=O) groups is 1. The van der Waals surface area contributed by atoms with Gasteiger partial charge in [0, 0.05) is 6.42 Å². The second kappa shape index (κ2) is 17.5. The number of allylic oxidation sites excluding steroid dienone is 1. The molecule has 0 heterocycles. The first-order chi connectivity index (χ1) is 11.2. The second-order valence-electron chi connectivity index (χ2n) is 6.61. The van der Waals surface area contributed by atoms with Crippen LogP contribution in [-0.4, -0.2) is 22.3 Å². The van der Waals surface area contributed by atoms with Gasteiger partial charge in [0.15, 0.2) is 0 Å². The van der Waals surface area contributed by atoms with E-state index in [4.69, 9.17) is 5.11 Å². The van der Waals surface area contributed by atoms with E-state index in [2.05, 4.69) is 6.92 Å². The SMILES string of the molecule is CCCCCCCCCCCCCC=CC(O)CCCC(=O)O. The zero-order valence-corrected chi connectivity index (χ0v) is 15.1. The lowest BCUT2D eigenvalue weighted by Gasteiger charge is -2.04. The van der Waals surface area contributed by atoms with Crippen LogP contribution < -0.4 is 0 Å². The lowest BCUT2D eigenvalue weighted by atomic mass is 10.0. The molecular weight excluding hydrogens is 288 g/mol. The predicted octanol–water partition coefficient (Wildman–Crippen LogP) is 5.86. The van der Waals surface area contributed by atoms with Crippen LogP contribution in [0.1, 0.15) is 103 Å². The van der Waals surface area contributed by atoms with Gasteiger partial charge < -0.3 is 10.2 Å². The minimum atomic E-state index is -0.790. The van der Waals surface area contributed by atoms with Crippen LogP contribution in [0.25, 0.3) is 0 Å². The van der Waals surface area contributed by atoms with Gasteiger partial charge in [0.05, 0.1) is 6.10 Å². The lowest BCUT2D eigenvalue weighted by molar-refractivity contribution is -0.137. The first-order valence-electron chi connectivity index (χ1n) is 9.73. The van der Waals surface area contributed by atoms with Gasteiger partial charge in [-0.15, -0.1) is 0 Å². The first-order valence-corrected chi connectivity index (χ1v) is 9.73. The van der Waals surface area contributed by atoms with Crippen molar-refractivity contribution < 1.29 is 15.0 Å². The summed E-state index contributed by atoms with van der Waals surface area (Å²) in [6.45, 7) is 2.26. The number of aliphatic hydroxyl groups is 1. The summed E-state index contributed by atoms with van der Waals surface area (Å²) in [7, 11) is 0. The number of rotatable bonds is 17. The smallest absolute Gasteiger partial charge is 0.303 e. The molecule has 1 unspecified atom stereocenters. The highest BCUT2D eigenvalue weighted by Crippen LogP contribution is 2.12. The van der Waals surface area contributed by atoms with Crippen LogP contribution in [0.15, 0.2) is 12.2 Å².